The van der Waals surface area contributed by atoms with E-state index in [0.717, 1.165) is 12.8 Å². The molecule has 1 nitrogen and oxygen atoms in total. The van der Waals surface area contributed by atoms with E-state index < -0.39 is 0 Å². The van der Waals surface area contributed by atoms with Crippen LogP contribution in [0, 0.1) is 0 Å². The summed E-state index contributed by atoms with van der Waals surface area (Å²) in [6.07, 6.45) is 1.69. The summed E-state index contributed by atoms with van der Waals surface area (Å²) >= 11 is 11.0. The Hall–Kier alpha value is 0.540. The maximum Gasteiger partial charge on any atom is 0.0801 e. The van der Waals surface area contributed by atoms with E-state index in [1.54, 1.807) is 0 Å². The monoisotopic (exact) mass is 155 g/mol. The molecule has 0 aromatic rings. The van der Waals surface area contributed by atoms with Gasteiger partial charge in [-0.15, -0.1) is 23.2 Å². The van der Waals surface area contributed by atoms with E-state index in [4.69, 9.17) is 28.9 Å². The lowest BCUT2D eigenvalue weighted by Crippen LogP contribution is -2.12. The maximum absolute atomic E-state index is 5.61. The minimum absolute atomic E-state index is 0.194. The molecular formula is C5H11Cl2N. The maximum atomic E-state index is 5.61. The van der Waals surface area contributed by atoms with E-state index in [2.05, 4.69) is 0 Å². The SMILES string of the molecule is CC(Cl)CCC(N)Cl. The third kappa shape index (κ3) is 6.54. The van der Waals surface area contributed by atoms with Crippen LogP contribution in [0.1, 0.15) is 19.8 Å². The topological polar surface area (TPSA) is 26.0 Å². The lowest BCUT2D eigenvalue weighted by atomic mass is 10.2. The van der Waals surface area contributed by atoms with Gasteiger partial charge in [-0.25, -0.2) is 0 Å². The number of nitrogens with two attached hydrogens (primary N) is 1. The van der Waals surface area contributed by atoms with Crippen molar-refractivity contribution in [3.8, 4) is 0 Å². The van der Waals surface area contributed by atoms with Crippen LogP contribution in [-0.2, 0) is 0 Å². The molecule has 0 fully saturated rings. The van der Waals surface area contributed by atoms with Crippen LogP contribution in [0.4, 0.5) is 0 Å². The first kappa shape index (κ1) is 8.54. The van der Waals surface area contributed by atoms with Gasteiger partial charge in [-0.1, -0.05) is 0 Å². The first-order valence-corrected chi connectivity index (χ1v) is 3.54. The fourth-order valence-corrected chi connectivity index (χ4v) is 0.641. The fourth-order valence-electron chi connectivity index (χ4n) is 0.389. The van der Waals surface area contributed by atoms with Crippen molar-refractivity contribution in [3.05, 3.63) is 0 Å². The van der Waals surface area contributed by atoms with Crippen molar-refractivity contribution < 1.29 is 0 Å². The van der Waals surface area contributed by atoms with Gasteiger partial charge in [-0.3, -0.25) is 0 Å². The van der Waals surface area contributed by atoms with Crippen LogP contribution < -0.4 is 5.73 Å². The molecule has 2 unspecified atom stereocenters. The van der Waals surface area contributed by atoms with E-state index in [1.165, 1.54) is 0 Å². The smallest absolute Gasteiger partial charge is 0.0801 e. The Morgan fingerprint density at radius 2 is 1.88 bits per heavy atom. The summed E-state index contributed by atoms with van der Waals surface area (Å²) in [5, 5.41) is 0.194. The van der Waals surface area contributed by atoms with E-state index in [9.17, 15) is 0 Å². The summed E-state index contributed by atoms with van der Waals surface area (Å²) in [6, 6.07) is 0. The van der Waals surface area contributed by atoms with E-state index in [1.807, 2.05) is 6.92 Å². The van der Waals surface area contributed by atoms with Crippen molar-refractivity contribution in [3.63, 3.8) is 0 Å². The molecule has 0 bridgehead atoms. The Bertz CT molecular complexity index is 46.4. The second-order valence-electron chi connectivity index (χ2n) is 1.87. The average Bonchev–Trinajstić information content (AvgIpc) is 1.61. The molecule has 0 aliphatic heterocycles. The Balaban J connectivity index is 2.93. The molecule has 0 amide bonds. The summed E-state index contributed by atoms with van der Waals surface area (Å²) in [7, 11) is 0. The quantitative estimate of drug-likeness (QED) is 0.490. The predicted molar refractivity (Wildman–Crippen MR) is 38.4 cm³/mol. The van der Waals surface area contributed by atoms with Gasteiger partial charge in [-0.2, -0.15) is 0 Å². The molecule has 0 aliphatic carbocycles. The highest BCUT2D eigenvalue weighted by Gasteiger charge is 1.99. The normalized spacial score (nSPS) is 18.0. The van der Waals surface area contributed by atoms with Crippen molar-refractivity contribution in [1.29, 1.82) is 0 Å². The van der Waals surface area contributed by atoms with Gasteiger partial charge in [0, 0.05) is 5.38 Å². The minimum atomic E-state index is -0.226. The molecular weight excluding hydrogens is 145 g/mol. The predicted octanol–water partition coefficient (Wildman–Crippen LogP) is 1.92. The summed E-state index contributed by atoms with van der Waals surface area (Å²) < 4.78 is 0. The molecule has 8 heavy (non-hydrogen) atoms. The van der Waals surface area contributed by atoms with Gasteiger partial charge >= 0.3 is 0 Å². The van der Waals surface area contributed by atoms with Gasteiger partial charge in [-0.05, 0) is 19.8 Å². The summed E-state index contributed by atoms with van der Waals surface area (Å²) in [6.45, 7) is 1.93. The Morgan fingerprint density at radius 1 is 1.38 bits per heavy atom. The summed E-state index contributed by atoms with van der Waals surface area (Å²) in [4.78, 5) is 0. The molecule has 0 aliphatic rings. The van der Waals surface area contributed by atoms with E-state index in [-0.39, 0.29) is 10.9 Å². The molecule has 2 N–H and O–H groups in total. The van der Waals surface area contributed by atoms with Gasteiger partial charge < -0.3 is 5.73 Å². The first-order chi connectivity index (χ1) is 3.63. The Morgan fingerprint density at radius 3 is 2.00 bits per heavy atom. The Labute approximate surface area is 60.1 Å². The number of halogens is 2. The van der Waals surface area contributed by atoms with Gasteiger partial charge in [0.05, 0.1) is 5.50 Å². The van der Waals surface area contributed by atoms with Crippen LogP contribution in [0.3, 0.4) is 0 Å². The molecule has 0 saturated heterocycles. The highest BCUT2D eigenvalue weighted by atomic mass is 35.5. The fraction of sp³-hybridized carbons (Fsp3) is 1.00. The number of hydrogen-bond donors (Lipinski definition) is 1. The van der Waals surface area contributed by atoms with Crippen molar-refractivity contribution >= 4 is 23.2 Å². The summed E-state index contributed by atoms with van der Waals surface area (Å²) in [5.74, 6) is 0. The zero-order chi connectivity index (χ0) is 6.57. The van der Waals surface area contributed by atoms with Crippen LogP contribution in [0.25, 0.3) is 0 Å². The molecule has 0 saturated carbocycles. The van der Waals surface area contributed by atoms with Gasteiger partial charge in [0.2, 0.25) is 0 Å². The van der Waals surface area contributed by atoms with Gasteiger partial charge in [0.1, 0.15) is 0 Å². The molecule has 0 radical (unpaired) electrons. The molecule has 0 aromatic heterocycles. The van der Waals surface area contributed by atoms with Gasteiger partial charge in [0.25, 0.3) is 0 Å². The molecule has 50 valence electrons. The molecule has 0 rings (SSSR count). The van der Waals surface area contributed by atoms with Crippen LogP contribution in [0.15, 0.2) is 0 Å². The number of hydrogen-bond acceptors (Lipinski definition) is 1. The summed E-state index contributed by atoms with van der Waals surface area (Å²) in [5.41, 5.74) is 5.02. The molecule has 0 heterocycles. The second kappa shape index (κ2) is 4.42. The van der Waals surface area contributed by atoms with E-state index in [0.29, 0.717) is 0 Å². The lowest BCUT2D eigenvalue weighted by Gasteiger charge is -2.02. The first-order valence-electron chi connectivity index (χ1n) is 2.66. The Kier molecular flexibility index (Phi) is 4.72. The van der Waals surface area contributed by atoms with Crippen molar-refractivity contribution in [2.45, 2.75) is 30.6 Å². The standard InChI is InChI=1S/C5H11Cl2N/c1-4(6)2-3-5(7)8/h4-5H,2-3,8H2,1H3. The third-order valence-electron chi connectivity index (χ3n) is 0.840. The molecule has 0 spiro atoms. The van der Waals surface area contributed by atoms with Crippen LogP contribution in [-0.4, -0.2) is 10.9 Å². The highest BCUT2D eigenvalue weighted by molar-refractivity contribution is 6.21. The van der Waals surface area contributed by atoms with Crippen LogP contribution in [0.5, 0.6) is 0 Å². The van der Waals surface area contributed by atoms with Crippen LogP contribution >= 0.6 is 23.2 Å². The molecule has 3 heteroatoms. The molecule has 0 aromatic carbocycles. The van der Waals surface area contributed by atoms with E-state index >= 15 is 0 Å². The van der Waals surface area contributed by atoms with Crippen molar-refractivity contribution in [2.75, 3.05) is 0 Å². The highest BCUT2D eigenvalue weighted by Crippen LogP contribution is 2.06. The minimum Gasteiger partial charge on any atom is -0.315 e. The number of rotatable bonds is 3. The largest absolute Gasteiger partial charge is 0.315 e. The second-order valence-corrected chi connectivity index (χ2v) is 3.18. The van der Waals surface area contributed by atoms with Crippen molar-refractivity contribution in [1.82, 2.24) is 0 Å². The number of alkyl halides is 2. The zero-order valence-corrected chi connectivity index (χ0v) is 6.41. The van der Waals surface area contributed by atoms with Gasteiger partial charge in [0.15, 0.2) is 0 Å². The van der Waals surface area contributed by atoms with Crippen LogP contribution in [0.2, 0.25) is 0 Å². The van der Waals surface area contributed by atoms with Crippen molar-refractivity contribution in [2.24, 2.45) is 5.73 Å². The molecule has 2 atom stereocenters. The third-order valence-corrected chi connectivity index (χ3v) is 1.28. The zero-order valence-electron chi connectivity index (χ0n) is 4.90. The lowest BCUT2D eigenvalue weighted by molar-refractivity contribution is 0.698. The average molecular weight is 156 g/mol.